The Morgan fingerprint density at radius 1 is 0.489 bits per heavy atom. The van der Waals surface area contributed by atoms with Crippen molar-refractivity contribution in [3.8, 4) is 39.9 Å². The predicted octanol–water partition coefficient (Wildman–Crippen LogP) is 10.2. The number of benzene rings is 6. The molecule has 0 radical (unpaired) electrons. The molecule has 0 N–H and O–H groups in total. The van der Waals surface area contributed by atoms with Crippen LogP contribution in [0.25, 0.3) is 83.6 Å². The molecule has 0 bridgehead atoms. The zero-order chi connectivity index (χ0) is 29.9. The summed E-state index contributed by atoms with van der Waals surface area (Å²) >= 11 is 0. The monoisotopic (exact) mass is 578 g/mol. The normalized spacial score (nSPS) is 11.7. The smallest absolute Gasteiger partial charge is 0.164 e. The highest BCUT2D eigenvalue weighted by Gasteiger charge is 2.22. The lowest BCUT2D eigenvalue weighted by Gasteiger charge is -2.11. The van der Waals surface area contributed by atoms with E-state index in [2.05, 4.69) is 84.3 Å². The minimum absolute atomic E-state index is 0.632. The van der Waals surface area contributed by atoms with Gasteiger partial charge in [0.25, 0.3) is 0 Å². The fourth-order valence-electron chi connectivity index (χ4n) is 6.58. The molecule has 3 heterocycles. The van der Waals surface area contributed by atoms with Crippen LogP contribution in [0.1, 0.15) is 5.56 Å². The van der Waals surface area contributed by atoms with Crippen LogP contribution < -0.4 is 0 Å². The van der Waals surface area contributed by atoms with E-state index in [1.54, 1.807) is 0 Å². The van der Waals surface area contributed by atoms with Gasteiger partial charge in [-0.15, -0.1) is 0 Å². The average Bonchev–Trinajstić information content (AvgIpc) is 3.66. The number of nitrogens with zero attached hydrogens (tertiary/aromatic N) is 4. The summed E-state index contributed by atoms with van der Waals surface area (Å²) in [5, 5.41) is 4.55. The molecule has 0 spiro atoms. The van der Waals surface area contributed by atoms with Crippen LogP contribution in [0.3, 0.4) is 0 Å². The first kappa shape index (κ1) is 25.4. The molecule has 9 aromatic rings. The van der Waals surface area contributed by atoms with Crippen molar-refractivity contribution < 1.29 is 4.42 Å². The molecule has 5 heteroatoms. The minimum atomic E-state index is 0.632. The summed E-state index contributed by atoms with van der Waals surface area (Å²) < 4.78 is 8.90. The van der Waals surface area contributed by atoms with E-state index >= 15 is 0 Å². The lowest BCUT2D eigenvalue weighted by Crippen LogP contribution is -2.01. The average molecular weight is 579 g/mol. The van der Waals surface area contributed by atoms with Crippen molar-refractivity contribution in [2.45, 2.75) is 6.92 Å². The SMILES string of the molecule is Cc1c(-c2nc(-c3ccccc3)nc(-c3ccccc3)n2)ccc2oc3ccc4c5ccccc5n(-c5ccccc5)c4c3c12. The molecule has 9 rings (SSSR count). The molecule has 0 atom stereocenters. The van der Waals surface area contributed by atoms with Gasteiger partial charge in [0.2, 0.25) is 0 Å². The first-order valence-electron chi connectivity index (χ1n) is 15.1. The van der Waals surface area contributed by atoms with Crippen LogP contribution in [0.4, 0.5) is 0 Å². The summed E-state index contributed by atoms with van der Waals surface area (Å²) in [5.74, 6) is 1.91. The molecular weight excluding hydrogens is 552 g/mol. The molecule has 6 aromatic carbocycles. The van der Waals surface area contributed by atoms with Gasteiger partial charge in [0.05, 0.1) is 16.4 Å². The standard InChI is InChI=1S/C40H26N4O/c1-25-29(40-42-38(26-13-5-2-6-14-26)41-39(43-40)27-15-7-3-8-16-27)21-23-33-35(25)36-34(45-33)24-22-31-30-19-11-12-20-32(30)44(37(31)36)28-17-9-4-10-18-28/h2-24H,1H3. The molecule has 5 nitrogen and oxygen atoms in total. The maximum absolute atomic E-state index is 6.54. The highest BCUT2D eigenvalue weighted by atomic mass is 16.3. The number of furan rings is 1. The molecule has 0 aliphatic heterocycles. The summed E-state index contributed by atoms with van der Waals surface area (Å²) in [4.78, 5) is 15.0. The fourth-order valence-corrected chi connectivity index (χ4v) is 6.58. The molecular formula is C40H26N4O. The maximum atomic E-state index is 6.54. The Morgan fingerprint density at radius 2 is 1.04 bits per heavy atom. The second kappa shape index (κ2) is 10.00. The van der Waals surface area contributed by atoms with Gasteiger partial charge in [-0.25, -0.2) is 15.0 Å². The van der Waals surface area contributed by atoms with Gasteiger partial charge >= 0.3 is 0 Å². The van der Waals surface area contributed by atoms with Gasteiger partial charge in [-0.3, -0.25) is 0 Å². The molecule has 0 aliphatic rings. The van der Waals surface area contributed by atoms with Crippen LogP contribution in [-0.4, -0.2) is 19.5 Å². The van der Waals surface area contributed by atoms with Crippen molar-refractivity contribution in [3.05, 3.63) is 145 Å². The molecule has 3 aromatic heterocycles. The largest absolute Gasteiger partial charge is 0.456 e. The van der Waals surface area contributed by atoms with Crippen molar-refractivity contribution >= 4 is 43.7 Å². The summed E-state index contributed by atoms with van der Waals surface area (Å²) in [6.07, 6.45) is 0. The van der Waals surface area contributed by atoms with Crippen molar-refractivity contribution in [2.24, 2.45) is 0 Å². The first-order chi connectivity index (χ1) is 22.2. The van der Waals surface area contributed by atoms with Gasteiger partial charge in [-0.05, 0) is 55.0 Å². The number of fused-ring (bicyclic) bond motifs is 7. The lowest BCUT2D eigenvalue weighted by molar-refractivity contribution is 0.669. The van der Waals surface area contributed by atoms with E-state index in [0.29, 0.717) is 17.5 Å². The third-order valence-corrected chi connectivity index (χ3v) is 8.65. The van der Waals surface area contributed by atoms with Crippen molar-refractivity contribution in [2.75, 3.05) is 0 Å². The highest BCUT2D eigenvalue weighted by Crippen LogP contribution is 2.43. The Balaban J connectivity index is 1.37. The van der Waals surface area contributed by atoms with E-state index in [4.69, 9.17) is 19.4 Å². The van der Waals surface area contributed by atoms with E-state index in [9.17, 15) is 0 Å². The number of hydrogen-bond donors (Lipinski definition) is 0. The second-order valence-electron chi connectivity index (χ2n) is 11.3. The van der Waals surface area contributed by atoms with Crippen LogP contribution >= 0.6 is 0 Å². The Kier molecular flexibility index (Phi) is 5.65. The fraction of sp³-hybridized carbons (Fsp3) is 0.0250. The van der Waals surface area contributed by atoms with Gasteiger partial charge in [-0.1, -0.05) is 97.1 Å². The zero-order valence-corrected chi connectivity index (χ0v) is 24.5. The lowest BCUT2D eigenvalue weighted by atomic mass is 9.99. The molecule has 0 saturated heterocycles. The van der Waals surface area contributed by atoms with Gasteiger partial charge in [0, 0.05) is 38.5 Å². The molecule has 0 aliphatic carbocycles. The van der Waals surface area contributed by atoms with Crippen LogP contribution in [0.15, 0.2) is 144 Å². The zero-order valence-electron chi connectivity index (χ0n) is 24.5. The van der Waals surface area contributed by atoms with Gasteiger partial charge in [-0.2, -0.15) is 0 Å². The van der Waals surface area contributed by atoms with Gasteiger partial charge in [0.1, 0.15) is 11.2 Å². The topological polar surface area (TPSA) is 56.7 Å². The number of para-hydroxylation sites is 2. The summed E-state index contributed by atoms with van der Waals surface area (Å²) in [7, 11) is 0. The Labute approximate surface area is 259 Å². The minimum Gasteiger partial charge on any atom is -0.456 e. The number of aryl methyl sites for hydroxylation is 1. The van der Waals surface area contributed by atoms with Crippen molar-refractivity contribution in [3.63, 3.8) is 0 Å². The first-order valence-corrected chi connectivity index (χ1v) is 15.1. The summed E-state index contributed by atoms with van der Waals surface area (Å²) in [6.45, 7) is 2.15. The van der Waals surface area contributed by atoms with Crippen LogP contribution in [0, 0.1) is 6.92 Å². The van der Waals surface area contributed by atoms with Crippen LogP contribution in [-0.2, 0) is 0 Å². The van der Waals surface area contributed by atoms with Crippen molar-refractivity contribution in [1.29, 1.82) is 0 Å². The number of hydrogen-bond acceptors (Lipinski definition) is 4. The molecule has 0 saturated carbocycles. The molecule has 0 unspecified atom stereocenters. The Bertz CT molecular complexity index is 2470. The second-order valence-corrected chi connectivity index (χ2v) is 11.3. The number of rotatable bonds is 4. The third kappa shape index (κ3) is 3.98. The number of aromatic nitrogens is 4. The van der Waals surface area contributed by atoms with Crippen LogP contribution in [0.5, 0.6) is 0 Å². The van der Waals surface area contributed by atoms with Crippen LogP contribution in [0.2, 0.25) is 0 Å². The van der Waals surface area contributed by atoms with E-state index in [0.717, 1.165) is 60.9 Å². The third-order valence-electron chi connectivity index (χ3n) is 8.65. The summed E-state index contributed by atoms with van der Waals surface area (Å²) in [6, 6.07) is 47.7. The predicted molar refractivity (Wildman–Crippen MR) is 182 cm³/mol. The van der Waals surface area contributed by atoms with Gasteiger partial charge in [0.15, 0.2) is 17.5 Å². The van der Waals surface area contributed by atoms with E-state index < -0.39 is 0 Å². The van der Waals surface area contributed by atoms with Crippen molar-refractivity contribution in [1.82, 2.24) is 19.5 Å². The highest BCUT2D eigenvalue weighted by molar-refractivity contribution is 6.25. The van der Waals surface area contributed by atoms with Gasteiger partial charge < -0.3 is 8.98 Å². The molecule has 212 valence electrons. The summed E-state index contributed by atoms with van der Waals surface area (Å²) in [5.41, 5.74) is 8.98. The molecule has 0 amide bonds. The molecule has 0 fully saturated rings. The van der Waals surface area contributed by atoms with E-state index in [1.807, 2.05) is 66.7 Å². The molecule has 45 heavy (non-hydrogen) atoms. The van der Waals surface area contributed by atoms with E-state index in [1.165, 1.54) is 10.8 Å². The Morgan fingerprint density at radius 3 is 1.73 bits per heavy atom. The Hall–Kier alpha value is -6.07. The maximum Gasteiger partial charge on any atom is 0.164 e. The quantitative estimate of drug-likeness (QED) is 0.208. The van der Waals surface area contributed by atoms with E-state index in [-0.39, 0.29) is 0 Å².